The van der Waals surface area contributed by atoms with Gasteiger partial charge in [-0.2, -0.15) is 0 Å². The van der Waals surface area contributed by atoms with E-state index in [1.165, 1.54) is 24.1 Å². The topological polar surface area (TPSA) is 86.8 Å². The minimum atomic E-state index is -3.83. The Morgan fingerprint density at radius 2 is 1.65 bits per heavy atom. The summed E-state index contributed by atoms with van der Waals surface area (Å²) < 4.78 is 39.0. The summed E-state index contributed by atoms with van der Waals surface area (Å²) in [7, 11) is -2.35. The first-order valence-electron chi connectivity index (χ1n) is 9.86. The van der Waals surface area contributed by atoms with Crippen LogP contribution in [0, 0.1) is 12.7 Å². The van der Waals surface area contributed by atoms with Crippen molar-refractivity contribution in [2.24, 2.45) is 0 Å². The minimum absolute atomic E-state index is 0.145. The summed E-state index contributed by atoms with van der Waals surface area (Å²) in [5, 5.41) is 2.56. The Bertz CT molecular complexity index is 1010. The smallest absolute Gasteiger partial charge is 0.244 e. The second-order valence-electron chi connectivity index (χ2n) is 7.29. The molecule has 9 heteroatoms. The number of amides is 2. The zero-order valence-electron chi connectivity index (χ0n) is 18.1. The Morgan fingerprint density at radius 1 is 1.06 bits per heavy atom. The monoisotopic (exact) mass is 449 g/mol. The van der Waals surface area contributed by atoms with Gasteiger partial charge in [-0.1, -0.05) is 36.8 Å². The van der Waals surface area contributed by atoms with Crippen molar-refractivity contribution in [3.05, 3.63) is 65.5 Å². The van der Waals surface area contributed by atoms with Gasteiger partial charge in [-0.3, -0.25) is 13.9 Å². The number of aryl methyl sites for hydroxylation is 1. The number of anilines is 1. The van der Waals surface area contributed by atoms with Crippen LogP contribution in [0.5, 0.6) is 0 Å². The van der Waals surface area contributed by atoms with Crippen LogP contribution in [0.25, 0.3) is 0 Å². The number of carbonyl (C=O) groups is 2. The van der Waals surface area contributed by atoms with Crippen LogP contribution in [0.15, 0.2) is 48.5 Å². The summed E-state index contributed by atoms with van der Waals surface area (Å²) in [6.07, 6.45) is 1.33. The zero-order valence-corrected chi connectivity index (χ0v) is 18.9. The number of halogens is 1. The summed E-state index contributed by atoms with van der Waals surface area (Å²) in [6, 6.07) is 11.6. The van der Waals surface area contributed by atoms with E-state index in [9.17, 15) is 22.4 Å². The molecule has 0 aliphatic rings. The Balaban J connectivity index is 2.40. The maximum atomic E-state index is 13.3. The van der Waals surface area contributed by atoms with E-state index in [2.05, 4.69) is 5.32 Å². The van der Waals surface area contributed by atoms with Crippen LogP contribution in [0.3, 0.4) is 0 Å². The zero-order chi connectivity index (χ0) is 23.2. The van der Waals surface area contributed by atoms with E-state index in [0.29, 0.717) is 6.42 Å². The van der Waals surface area contributed by atoms with Crippen molar-refractivity contribution in [2.45, 2.75) is 32.9 Å². The highest BCUT2D eigenvalue weighted by atomic mass is 32.2. The molecule has 2 amide bonds. The molecule has 7 nitrogen and oxygen atoms in total. The molecule has 0 spiro atoms. The molecule has 2 rings (SSSR count). The van der Waals surface area contributed by atoms with Crippen LogP contribution in [0.1, 0.15) is 24.5 Å². The molecule has 0 radical (unpaired) electrons. The second-order valence-corrected chi connectivity index (χ2v) is 9.20. The molecule has 0 saturated heterocycles. The van der Waals surface area contributed by atoms with Gasteiger partial charge in [0.25, 0.3) is 0 Å². The molecular formula is C22H28FN3O4S. The third kappa shape index (κ3) is 6.52. The highest BCUT2D eigenvalue weighted by Crippen LogP contribution is 2.20. The molecule has 1 N–H and O–H groups in total. The number of carbonyl (C=O) groups excluding carboxylic acids is 2. The maximum absolute atomic E-state index is 13.3. The van der Waals surface area contributed by atoms with Gasteiger partial charge in [0.05, 0.1) is 11.9 Å². The number of hydrogen-bond donors (Lipinski definition) is 1. The van der Waals surface area contributed by atoms with Gasteiger partial charge in [-0.15, -0.1) is 0 Å². The largest absolute Gasteiger partial charge is 0.357 e. The maximum Gasteiger partial charge on any atom is 0.244 e. The summed E-state index contributed by atoms with van der Waals surface area (Å²) in [5.41, 5.74) is 2.04. The first kappa shape index (κ1) is 24.3. The van der Waals surface area contributed by atoms with Crippen LogP contribution in [-0.4, -0.2) is 51.0 Å². The lowest BCUT2D eigenvalue weighted by Gasteiger charge is -2.32. The van der Waals surface area contributed by atoms with Gasteiger partial charge in [-0.25, -0.2) is 12.8 Å². The fraction of sp³-hybridized carbons (Fsp3) is 0.364. The lowest BCUT2D eigenvalue weighted by molar-refractivity contribution is -0.140. The van der Waals surface area contributed by atoms with E-state index < -0.39 is 34.3 Å². The van der Waals surface area contributed by atoms with E-state index in [0.717, 1.165) is 33.8 Å². The molecule has 168 valence electrons. The van der Waals surface area contributed by atoms with E-state index in [-0.39, 0.29) is 18.1 Å². The van der Waals surface area contributed by atoms with Crippen molar-refractivity contribution in [3.8, 4) is 0 Å². The van der Waals surface area contributed by atoms with Gasteiger partial charge >= 0.3 is 0 Å². The van der Waals surface area contributed by atoms with Gasteiger partial charge < -0.3 is 10.2 Å². The van der Waals surface area contributed by atoms with E-state index in [1.54, 1.807) is 6.92 Å². The van der Waals surface area contributed by atoms with Crippen LogP contribution < -0.4 is 9.62 Å². The predicted octanol–water partition coefficient (Wildman–Crippen LogP) is 2.45. The lowest BCUT2D eigenvalue weighted by atomic mass is 10.1. The third-order valence-corrected chi connectivity index (χ3v) is 6.04. The lowest BCUT2D eigenvalue weighted by Crippen LogP contribution is -2.51. The molecule has 0 saturated carbocycles. The molecule has 0 unspecified atom stereocenters. The van der Waals surface area contributed by atoms with Crippen molar-refractivity contribution in [1.82, 2.24) is 10.2 Å². The third-order valence-electron chi connectivity index (χ3n) is 4.90. The molecule has 0 aromatic heterocycles. The first-order valence-corrected chi connectivity index (χ1v) is 11.7. The fourth-order valence-electron chi connectivity index (χ4n) is 3.20. The average molecular weight is 450 g/mol. The van der Waals surface area contributed by atoms with Crippen LogP contribution >= 0.6 is 0 Å². The van der Waals surface area contributed by atoms with Gasteiger partial charge in [0.15, 0.2) is 0 Å². The summed E-state index contributed by atoms with van der Waals surface area (Å²) in [6.45, 7) is 3.36. The standard InChI is InChI=1S/C22H28FN3O4S/c1-5-20(22(28)24-3)25(14-17-8-6-16(2)7-9-17)21(27)15-26(31(4,29)30)19-12-10-18(23)11-13-19/h6-13,20H,5,14-15H2,1-4H3,(H,24,28)/t20-/m0/s1. The van der Waals surface area contributed by atoms with Crippen LogP contribution in [0.2, 0.25) is 0 Å². The Kier molecular flexibility index (Phi) is 8.15. The van der Waals surface area contributed by atoms with Gasteiger partial charge in [0, 0.05) is 13.6 Å². The normalized spacial score (nSPS) is 12.2. The number of nitrogens with one attached hydrogen (secondary N) is 1. The number of benzene rings is 2. The van der Waals surface area contributed by atoms with E-state index in [1.807, 2.05) is 31.2 Å². The van der Waals surface area contributed by atoms with Gasteiger partial charge in [0.2, 0.25) is 21.8 Å². The van der Waals surface area contributed by atoms with Crippen LogP contribution in [0.4, 0.5) is 10.1 Å². The summed E-state index contributed by atoms with van der Waals surface area (Å²) in [5.74, 6) is -1.39. The van der Waals surface area contributed by atoms with Crippen molar-refractivity contribution in [2.75, 3.05) is 24.2 Å². The fourth-order valence-corrected chi connectivity index (χ4v) is 4.05. The molecule has 31 heavy (non-hydrogen) atoms. The minimum Gasteiger partial charge on any atom is -0.357 e. The number of sulfonamides is 1. The van der Waals surface area contributed by atoms with E-state index >= 15 is 0 Å². The predicted molar refractivity (Wildman–Crippen MR) is 118 cm³/mol. The van der Waals surface area contributed by atoms with Gasteiger partial charge in [0.1, 0.15) is 18.4 Å². The molecule has 0 bridgehead atoms. The highest BCUT2D eigenvalue weighted by Gasteiger charge is 2.31. The SMILES string of the molecule is CC[C@@H](C(=O)NC)N(Cc1ccc(C)cc1)C(=O)CN(c1ccc(F)cc1)S(C)(=O)=O. The first-order chi connectivity index (χ1) is 14.6. The molecule has 0 heterocycles. The molecule has 0 aliphatic carbocycles. The van der Waals surface area contributed by atoms with Crippen molar-refractivity contribution in [3.63, 3.8) is 0 Å². The summed E-state index contributed by atoms with van der Waals surface area (Å²) in [4.78, 5) is 27.1. The molecule has 2 aromatic carbocycles. The molecule has 1 atom stereocenters. The van der Waals surface area contributed by atoms with Crippen molar-refractivity contribution >= 4 is 27.5 Å². The highest BCUT2D eigenvalue weighted by molar-refractivity contribution is 7.92. The number of nitrogens with zero attached hydrogens (tertiary/aromatic N) is 2. The number of rotatable bonds is 9. The molecule has 2 aromatic rings. The molecular weight excluding hydrogens is 421 g/mol. The number of likely N-dealkylation sites (N-methyl/N-ethyl adjacent to an activating group) is 1. The van der Waals surface area contributed by atoms with Gasteiger partial charge in [-0.05, 0) is 43.2 Å². The number of hydrogen-bond acceptors (Lipinski definition) is 4. The van der Waals surface area contributed by atoms with Crippen LogP contribution in [-0.2, 0) is 26.2 Å². The second kappa shape index (κ2) is 10.4. The Labute approximate surface area is 182 Å². The van der Waals surface area contributed by atoms with E-state index in [4.69, 9.17) is 0 Å². The Morgan fingerprint density at radius 3 is 2.13 bits per heavy atom. The quantitative estimate of drug-likeness (QED) is 0.637. The Hall–Kier alpha value is -2.94. The average Bonchev–Trinajstić information content (AvgIpc) is 2.72. The molecule has 0 aliphatic heterocycles. The van der Waals surface area contributed by atoms with Crippen molar-refractivity contribution in [1.29, 1.82) is 0 Å². The molecule has 0 fully saturated rings. The summed E-state index contributed by atoms with van der Waals surface area (Å²) >= 11 is 0. The van der Waals surface area contributed by atoms with Crippen molar-refractivity contribution < 1.29 is 22.4 Å².